The molecule has 24 heavy (non-hydrogen) atoms. The van der Waals surface area contributed by atoms with E-state index in [0.29, 0.717) is 12.2 Å². The number of hydrogen-bond acceptors (Lipinski definition) is 4. The highest BCUT2D eigenvalue weighted by Gasteiger charge is 2.22. The number of urea groups is 1. The molecule has 2 aromatic rings. The molecule has 1 atom stereocenters. The summed E-state index contributed by atoms with van der Waals surface area (Å²) in [6, 6.07) is 14.9. The van der Waals surface area contributed by atoms with Gasteiger partial charge in [-0.25, -0.2) is 9.59 Å². The van der Waals surface area contributed by atoms with Crippen molar-refractivity contribution in [1.82, 2.24) is 5.32 Å². The third-order valence-corrected chi connectivity index (χ3v) is 3.45. The van der Waals surface area contributed by atoms with Crippen LogP contribution in [0, 0.1) is 0 Å². The number of primary amides is 1. The zero-order chi connectivity index (χ0) is 17.4. The summed E-state index contributed by atoms with van der Waals surface area (Å²) in [5.74, 6) is 0.0799. The summed E-state index contributed by atoms with van der Waals surface area (Å²) in [5.41, 5.74) is 6.80. The Morgan fingerprint density at radius 3 is 2.42 bits per heavy atom. The number of hydrogen-bond donors (Lipinski definition) is 2. The van der Waals surface area contributed by atoms with E-state index in [1.54, 1.807) is 19.2 Å². The third kappa shape index (κ3) is 5.01. The Morgan fingerprint density at radius 1 is 1.08 bits per heavy atom. The minimum absolute atomic E-state index is 0.0502. The molecule has 0 spiro atoms. The van der Waals surface area contributed by atoms with Gasteiger partial charge in [-0.15, -0.1) is 0 Å². The van der Waals surface area contributed by atoms with Crippen molar-refractivity contribution in [2.75, 3.05) is 7.11 Å². The van der Waals surface area contributed by atoms with E-state index in [4.69, 9.17) is 15.2 Å². The smallest absolute Gasteiger partial charge is 0.329 e. The van der Waals surface area contributed by atoms with E-state index >= 15 is 0 Å². The lowest BCUT2D eigenvalue weighted by Crippen LogP contribution is -2.45. The summed E-state index contributed by atoms with van der Waals surface area (Å²) in [6.07, 6.45) is 0.300. The van der Waals surface area contributed by atoms with Crippen molar-refractivity contribution in [3.05, 3.63) is 65.7 Å². The van der Waals surface area contributed by atoms with Gasteiger partial charge in [-0.2, -0.15) is 0 Å². The second-order valence-electron chi connectivity index (χ2n) is 5.17. The van der Waals surface area contributed by atoms with Gasteiger partial charge < -0.3 is 20.5 Å². The van der Waals surface area contributed by atoms with Crippen LogP contribution in [-0.4, -0.2) is 25.2 Å². The SMILES string of the molecule is COc1ccccc1COC(=O)[C@H](Cc1ccccc1)NC(N)=O. The van der Waals surface area contributed by atoms with E-state index in [-0.39, 0.29) is 6.61 Å². The third-order valence-electron chi connectivity index (χ3n) is 3.45. The molecule has 2 rings (SSSR count). The zero-order valence-electron chi connectivity index (χ0n) is 13.4. The number of carbonyl (C=O) groups excluding carboxylic acids is 2. The molecular weight excluding hydrogens is 308 g/mol. The van der Waals surface area contributed by atoms with Gasteiger partial charge in [0.1, 0.15) is 18.4 Å². The molecule has 0 bridgehead atoms. The van der Waals surface area contributed by atoms with Gasteiger partial charge in [0.15, 0.2) is 0 Å². The van der Waals surface area contributed by atoms with Gasteiger partial charge in [-0.1, -0.05) is 48.5 Å². The van der Waals surface area contributed by atoms with Gasteiger partial charge in [-0.3, -0.25) is 0 Å². The maximum absolute atomic E-state index is 12.3. The highest BCUT2D eigenvalue weighted by molar-refractivity contribution is 5.83. The van der Waals surface area contributed by atoms with Gasteiger partial charge in [0.2, 0.25) is 0 Å². The summed E-state index contributed by atoms with van der Waals surface area (Å²) in [7, 11) is 1.55. The number of carbonyl (C=O) groups is 2. The largest absolute Gasteiger partial charge is 0.496 e. The van der Waals surface area contributed by atoms with Crippen molar-refractivity contribution in [2.24, 2.45) is 5.73 Å². The standard InChI is InChI=1S/C18H20N2O4/c1-23-16-10-6-5-9-14(16)12-24-17(21)15(20-18(19)22)11-13-7-3-2-4-8-13/h2-10,15H,11-12H2,1H3,(H3,19,20,22)/t15-/m0/s1. The fourth-order valence-electron chi connectivity index (χ4n) is 2.29. The number of ether oxygens (including phenoxy) is 2. The number of amides is 2. The van der Waals surface area contributed by atoms with Crippen molar-refractivity contribution < 1.29 is 19.1 Å². The van der Waals surface area contributed by atoms with Gasteiger partial charge >= 0.3 is 12.0 Å². The fourth-order valence-corrected chi connectivity index (χ4v) is 2.29. The average Bonchev–Trinajstić information content (AvgIpc) is 2.60. The molecule has 0 aliphatic carbocycles. The molecule has 2 amide bonds. The maximum Gasteiger partial charge on any atom is 0.329 e. The molecule has 0 heterocycles. The van der Waals surface area contributed by atoms with E-state index in [9.17, 15) is 9.59 Å². The molecule has 0 unspecified atom stereocenters. The normalized spacial score (nSPS) is 11.4. The van der Waals surface area contributed by atoms with Crippen LogP contribution in [0.15, 0.2) is 54.6 Å². The molecule has 6 heteroatoms. The molecule has 0 radical (unpaired) electrons. The summed E-state index contributed by atoms with van der Waals surface area (Å²) in [5, 5.41) is 2.43. The van der Waals surface area contributed by atoms with Gasteiger partial charge in [0, 0.05) is 12.0 Å². The van der Waals surface area contributed by atoms with Crippen molar-refractivity contribution in [3.63, 3.8) is 0 Å². The van der Waals surface area contributed by atoms with Crippen molar-refractivity contribution in [2.45, 2.75) is 19.1 Å². The molecule has 0 saturated carbocycles. The number of methoxy groups -OCH3 is 1. The summed E-state index contributed by atoms with van der Waals surface area (Å²) in [6.45, 7) is 0.0502. The molecule has 0 aliphatic rings. The number of nitrogens with two attached hydrogens (primary N) is 1. The Bertz CT molecular complexity index is 688. The first-order valence-electron chi connectivity index (χ1n) is 7.48. The van der Waals surface area contributed by atoms with E-state index in [0.717, 1.165) is 11.1 Å². The first-order chi connectivity index (χ1) is 11.6. The monoisotopic (exact) mass is 328 g/mol. The second kappa shape index (κ2) is 8.57. The Hall–Kier alpha value is -3.02. The Balaban J connectivity index is 2.03. The predicted octanol–water partition coefficient (Wildman–Crippen LogP) is 2.02. The summed E-state index contributed by atoms with van der Waals surface area (Å²) < 4.78 is 10.5. The van der Waals surface area contributed by atoms with Crippen LogP contribution in [0.4, 0.5) is 4.79 Å². The van der Waals surface area contributed by atoms with E-state index in [1.807, 2.05) is 42.5 Å². The second-order valence-corrected chi connectivity index (χ2v) is 5.17. The van der Waals surface area contributed by atoms with E-state index < -0.39 is 18.0 Å². The first-order valence-corrected chi connectivity index (χ1v) is 7.48. The molecule has 126 valence electrons. The van der Waals surface area contributed by atoms with Crippen molar-refractivity contribution in [3.8, 4) is 5.75 Å². The minimum atomic E-state index is -0.848. The number of nitrogens with one attached hydrogen (secondary N) is 1. The van der Waals surface area contributed by atoms with E-state index in [2.05, 4.69) is 5.32 Å². The average molecular weight is 328 g/mol. The quantitative estimate of drug-likeness (QED) is 0.761. The molecule has 3 N–H and O–H groups in total. The van der Waals surface area contributed by atoms with Crippen LogP contribution in [0.1, 0.15) is 11.1 Å². The summed E-state index contributed by atoms with van der Waals surface area (Å²) in [4.78, 5) is 23.5. The van der Waals surface area contributed by atoms with Crippen LogP contribution in [0.3, 0.4) is 0 Å². The molecule has 6 nitrogen and oxygen atoms in total. The van der Waals surface area contributed by atoms with Crippen LogP contribution in [0.2, 0.25) is 0 Å². The molecule has 0 fully saturated rings. The van der Waals surface area contributed by atoms with Crippen molar-refractivity contribution >= 4 is 12.0 Å². The van der Waals surface area contributed by atoms with Gasteiger partial charge in [0.25, 0.3) is 0 Å². The molecule has 0 aromatic heterocycles. The fraction of sp³-hybridized carbons (Fsp3) is 0.222. The highest BCUT2D eigenvalue weighted by atomic mass is 16.5. The highest BCUT2D eigenvalue weighted by Crippen LogP contribution is 2.18. The Labute approximate surface area is 140 Å². The molecule has 0 saturated heterocycles. The minimum Gasteiger partial charge on any atom is -0.496 e. The lowest BCUT2D eigenvalue weighted by Gasteiger charge is -2.17. The van der Waals surface area contributed by atoms with E-state index in [1.165, 1.54) is 0 Å². The van der Waals surface area contributed by atoms with Crippen LogP contribution < -0.4 is 15.8 Å². The number of rotatable bonds is 7. The van der Waals surface area contributed by atoms with Crippen LogP contribution in [0.5, 0.6) is 5.75 Å². The molecule has 2 aromatic carbocycles. The first kappa shape index (κ1) is 17.3. The zero-order valence-corrected chi connectivity index (χ0v) is 13.4. The summed E-state index contributed by atoms with van der Waals surface area (Å²) >= 11 is 0. The molecular formula is C18H20N2O4. The number of benzene rings is 2. The Kier molecular flexibility index (Phi) is 6.19. The number of para-hydroxylation sites is 1. The van der Waals surface area contributed by atoms with Crippen molar-refractivity contribution in [1.29, 1.82) is 0 Å². The number of esters is 1. The lowest BCUT2D eigenvalue weighted by molar-refractivity contribution is -0.147. The molecule has 0 aliphatic heterocycles. The maximum atomic E-state index is 12.3. The van der Waals surface area contributed by atoms with Crippen LogP contribution in [0.25, 0.3) is 0 Å². The van der Waals surface area contributed by atoms with Gasteiger partial charge in [-0.05, 0) is 11.6 Å². The lowest BCUT2D eigenvalue weighted by atomic mass is 10.1. The van der Waals surface area contributed by atoms with Crippen LogP contribution >= 0.6 is 0 Å². The topological polar surface area (TPSA) is 90.7 Å². The van der Waals surface area contributed by atoms with Crippen LogP contribution in [-0.2, 0) is 22.6 Å². The Morgan fingerprint density at radius 2 is 1.75 bits per heavy atom. The predicted molar refractivity (Wildman–Crippen MR) is 89.4 cm³/mol. The van der Waals surface area contributed by atoms with Gasteiger partial charge in [0.05, 0.1) is 7.11 Å².